The van der Waals surface area contributed by atoms with Gasteiger partial charge in [0.15, 0.2) is 0 Å². The van der Waals surface area contributed by atoms with Crippen LogP contribution in [0.2, 0.25) is 5.02 Å². The second-order valence-corrected chi connectivity index (χ2v) is 3.26. The van der Waals surface area contributed by atoms with Crippen LogP contribution in [0.25, 0.3) is 11.0 Å². The van der Waals surface area contributed by atoms with Gasteiger partial charge in [-0.25, -0.2) is 0 Å². The van der Waals surface area contributed by atoms with Crippen molar-refractivity contribution in [3.8, 4) is 0 Å². The van der Waals surface area contributed by atoms with Gasteiger partial charge >= 0.3 is 0 Å². The van der Waals surface area contributed by atoms with Gasteiger partial charge in [-0.3, -0.25) is 0 Å². The number of benzene rings is 1. The third kappa shape index (κ3) is 1.69. The minimum absolute atomic E-state index is 0.492. The minimum atomic E-state index is 0.492. The van der Waals surface area contributed by atoms with Crippen LogP contribution in [-0.2, 0) is 11.3 Å². The van der Waals surface area contributed by atoms with Crippen molar-refractivity contribution < 1.29 is 9.15 Å². The van der Waals surface area contributed by atoms with Crippen molar-refractivity contribution in [2.24, 2.45) is 0 Å². The summed E-state index contributed by atoms with van der Waals surface area (Å²) >= 11 is 5.81. The van der Waals surface area contributed by atoms with Crippen LogP contribution >= 0.6 is 11.6 Å². The van der Waals surface area contributed by atoms with Crippen molar-refractivity contribution in [3.05, 3.63) is 35.0 Å². The number of hydrogen-bond acceptors (Lipinski definition) is 2. The molecule has 1 heterocycles. The lowest BCUT2D eigenvalue weighted by Crippen LogP contribution is -1.81. The summed E-state index contributed by atoms with van der Waals surface area (Å²) in [7, 11) is 1.64. The third-order valence-electron chi connectivity index (χ3n) is 1.82. The summed E-state index contributed by atoms with van der Waals surface area (Å²) in [5, 5.41) is 1.74. The first-order chi connectivity index (χ1) is 6.29. The van der Waals surface area contributed by atoms with Crippen molar-refractivity contribution in [1.29, 1.82) is 0 Å². The fraction of sp³-hybridized carbons (Fsp3) is 0.200. The van der Waals surface area contributed by atoms with Crippen molar-refractivity contribution >= 4 is 22.6 Å². The summed E-state index contributed by atoms with van der Waals surface area (Å²) < 4.78 is 10.4. The molecule has 0 saturated heterocycles. The molecule has 0 aliphatic heterocycles. The van der Waals surface area contributed by atoms with Crippen LogP contribution in [0, 0.1) is 0 Å². The number of methoxy groups -OCH3 is 1. The lowest BCUT2D eigenvalue weighted by atomic mass is 10.2. The standard InChI is InChI=1S/C10H9ClO2/c1-12-6-9-4-7-2-3-8(11)5-10(7)13-9/h2-5H,6H2,1H3. The van der Waals surface area contributed by atoms with Crippen molar-refractivity contribution in [2.45, 2.75) is 6.61 Å². The van der Waals surface area contributed by atoms with Crippen molar-refractivity contribution in [3.63, 3.8) is 0 Å². The SMILES string of the molecule is COCc1cc2ccc(Cl)cc2o1. The zero-order chi connectivity index (χ0) is 9.26. The second-order valence-electron chi connectivity index (χ2n) is 2.83. The van der Waals surface area contributed by atoms with E-state index < -0.39 is 0 Å². The molecule has 2 rings (SSSR count). The highest BCUT2D eigenvalue weighted by atomic mass is 35.5. The van der Waals surface area contributed by atoms with Crippen LogP contribution < -0.4 is 0 Å². The molecule has 1 aromatic heterocycles. The van der Waals surface area contributed by atoms with Gasteiger partial charge in [0.25, 0.3) is 0 Å². The molecular formula is C10H9ClO2. The van der Waals surface area contributed by atoms with Crippen LogP contribution in [-0.4, -0.2) is 7.11 Å². The highest BCUT2D eigenvalue weighted by Gasteiger charge is 2.02. The van der Waals surface area contributed by atoms with E-state index in [1.165, 1.54) is 0 Å². The predicted molar refractivity (Wildman–Crippen MR) is 51.9 cm³/mol. The average Bonchev–Trinajstić information content (AvgIpc) is 2.46. The highest BCUT2D eigenvalue weighted by Crippen LogP contribution is 2.23. The van der Waals surface area contributed by atoms with E-state index in [0.29, 0.717) is 11.6 Å². The van der Waals surface area contributed by atoms with Crippen LogP contribution in [0.4, 0.5) is 0 Å². The summed E-state index contributed by atoms with van der Waals surface area (Å²) in [6.07, 6.45) is 0. The lowest BCUT2D eigenvalue weighted by molar-refractivity contribution is 0.166. The zero-order valence-corrected chi connectivity index (χ0v) is 7.97. The van der Waals surface area contributed by atoms with E-state index >= 15 is 0 Å². The quantitative estimate of drug-likeness (QED) is 0.736. The average molecular weight is 197 g/mol. The third-order valence-corrected chi connectivity index (χ3v) is 2.05. The van der Waals surface area contributed by atoms with Gasteiger partial charge in [0.1, 0.15) is 18.0 Å². The largest absolute Gasteiger partial charge is 0.459 e. The fourth-order valence-electron chi connectivity index (χ4n) is 1.27. The monoisotopic (exact) mass is 196 g/mol. The Hall–Kier alpha value is -0.990. The van der Waals surface area contributed by atoms with E-state index in [1.807, 2.05) is 18.2 Å². The molecule has 1 aromatic carbocycles. The van der Waals surface area contributed by atoms with Gasteiger partial charge in [-0.1, -0.05) is 11.6 Å². The molecule has 2 aromatic rings. The van der Waals surface area contributed by atoms with Crippen molar-refractivity contribution in [2.75, 3.05) is 7.11 Å². The first kappa shape index (κ1) is 8.60. The van der Waals surface area contributed by atoms with Gasteiger partial charge in [0.2, 0.25) is 0 Å². The smallest absolute Gasteiger partial charge is 0.135 e. The fourth-order valence-corrected chi connectivity index (χ4v) is 1.44. The zero-order valence-electron chi connectivity index (χ0n) is 7.21. The van der Waals surface area contributed by atoms with E-state index in [0.717, 1.165) is 16.7 Å². The van der Waals surface area contributed by atoms with E-state index in [9.17, 15) is 0 Å². The molecule has 2 nitrogen and oxygen atoms in total. The Bertz CT molecular complexity index is 420. The molecule has 0 spiro atoms. The Morgan fingerprint density at radius 3 is 3.00 bits per heavy atom. The number of halogens is 1. The van der Waals surface area contributed by atoms with E-state index in [4.69, 9.17) is 20.8 Å². The van der Waals surface area contributed by atoms with Crippen LogP contribution in [0.3, 0.4) is 0 Å². The first-order valence-corrected chi connectivity index (χ1v) is 4.34. The van der Waals surface area contributed by atoms with Gasteiger partial charge in [-0.2, -0.15) is 0 Å². The van der Waals surface area contributed by atoms with Gasteiger partial charge in [0.05, 0.1) is 0 Å². The highest BCUT2D eigenvalue weighted by molar-refractivity contribution is 6.31. The topological polar surface area (TPSA) is 22.4 Å². The van der Waals surface area contributed by atoms with Crippen molar-refractivity contribution in [1.82, 2.24) is 0 Å². The Morgan fingerprint density at radius 1 is 1.38 bits per heavy atom. The van der Waals surface area contributed by atoms with Gasteiger partial charge in [0, 0.05) is 23.6 Å². The van der Waals surface area contributed by atoms with Crippen LogP contribution in [0.5, 0.6) is 0 Å². The molecule has 0 unspecified atom stereocenters. The van der Waals surface area contributed by atoms with E-state index in [2.05, 4.69) is 0 Å². The Morgan fingerprint density at radius 2 is 2.23 bits per heavy atom. The number of hydrogen-bond donors (Lipinski definition) is 0. The van der Waals surface area contributed by atoms with Gasteiger partial charge < -0.3 is 9.15 Å². The molecule has 0 radical (unpaired) electrons. The minimum Gasteiger partial charge on any atom is -0.459 e. The summed E-state index contributed by atoms with van der Waals surface area (Å²) in [5.74, 6) is 0.819. The Labute approximate surface area is 81.1 Å². The summed E-state index contributed by atoms with van der Waals surface area (Å²) in [4.78, 5) is 0. The lowest BCUT2D eigenvalue weighted by Gasteiger charge is -1.90. The Balaban J connectivity index is 2.49. The molecule has 0 atom stereocenters. The summed E-state index contributed by atoms with van der Waals surface area (Å²) in [6.45, 7) is 0.492. The molecule has 3 heteroatoms. The molecule has 68 valence electrons. The molecule has 0 saturated carbocycles. The second kappa shape index (κ2) is 3.40. The maximum absolute atomic E-state index is 5.81. The number of furan rings is 1. The number of fused-ring (bicyclic) bond motifs is 1. The maximum Gasteiger partial charge on any atom is 0.135 e. The molecule has 13 heavy (non-hydrogen) atoms. The molecule has 0 fully saturated rings. The van der Waals surface area contributed by atoms with Gasteiger partial charge in [-0.05, 0) is 18.2 Å². The van der Waals surface area contributed by atoms with Gasteiger partial charge in [-0.15, -0.1) is 0 Å². The van der Waals surface area contributed by atoms with Crippen LogP contribution in [0.15, 0.2) is 28.7 Å². The molecule has 0 aliphatic rings. The molecule has 0 N–H and O–H groups in total. The molecule has 0 bridgehead atoms. The van der Waals surface area contributed by atoms with E-state index in [1.54, 1.807) is 13.2 Å². The predicted octanol–water partition coefficient (Wildman–Crippen LogP) is 3.23. The first-order valence-electron chi connectivity index (χ1n) is 3.96. The molecule has 0 aliphatic carbocycles. The molecular weight excluding hydrogens is 188 g/mol. The summed E-state index contributed by atoms with van der Waals surface area (Å²) in [6, 6.07) is 7.53. The maximum atomic E-state index is 5.81. The number of ether oxygens (including phenoxy) is 1. The Kier molecular flexibility index (Phi) is 2.25. The van der Waals surface area contributed by atoms with E-state index in [-0.39, 0.29) is 0 Å². The van der Waals surface area contributed by atoms with Crippen LogP contribution in [0.1, 0.15) is 5.76 Å². The molecule has 0 amide bonds. The summed E-state index contributed by atoms with van der Waals surface area (Å²) in [5.41, 5.74) is 0.805. The normalized spacial score (nSPS) is 10.9. The number of rotatable bonds is 2.